The molecule has 1 aliphatic carbocycles. The maximum absolute atomic E-state index is 5.83. The quantitative estimate of drug-likeness (QED) is 0.909. The summed E-state index contributed by atoms with van der Waals surface area (Å²) >= 11 is 5.83. The lowest BCUT2D eigenvalue weighted by atomic mass is 10.4. The number of nitrogens with zero attached hydrogens (tertiary/aromatic N) is 3. The van der Waals surface area contributed by atoms with Gasteiger partial charge >= 0.3 is 0 Å². The van der Waals surface area contributed by atoms with Crippen molar-refractivity contribution in [2.45, 2.75) is 25.4 Å². The van der Waals surface area contributed by atoms with Gasteiger partial charge in [0.2, 0.25) is 5.88 Å². The number of hydrogen-bond acceptors (Lipinski definition) is 5. The predicted octanol–water partition coefficient (Wildman–Crippen LogP) is 2.57. The maximum atomic E-state index is 5.83. The SMILES string of the molecule is Clc1cncc(Oc2ccc(CNC3CC3)nn2)c1. The Morgan fingerprint density at radius 2 is 2.16 bits per heavy atom. The monoisotopic (exact) mass is 276 g/mol. The van der Waals surface area contributed by atoms with Crippen molar-refractivity contribution >= 4 is 11.6 Å². The average Bonchev–Trinajstić information content (AvgIpc) is 3.22. The van der Waals surface area contributed by atoms with Crippen molar-refractivity contribution in [2.75, 3.05) is 0 Å². The molecule has 3 rings (SSSR count). The van der Waals surface area contributed by atoms with Crippen molar-refractivity contribution in [1.82, 2.24) is 20.5 Å². The lowest BCUT2D eigenvalue weighted by Gasteiger charge is -2.05. The Kier molecular flexibility index (Phi) is 3.57. The highest BCUT2D eigenvalue weighted by Gasteiger charge is 2.20. The third kappa shape index (κ3) is 3.62. The molecule has 0 radical (unpaired) electrons. The van der Waals surface area contributed by atoms with Gasteiger partial charge in [-0.25, -0.2) is 0 Å². The predicted molar refractivity (Wildman–Crippen MR) is 71.2 cm³/mol. The van der Waals surface area contributed by atoms with E-state index in [1.54, 1.807) is 24.5 Å². The van der Waals surface area contributed by atoms with Crippen molar-refractivity contribution in [1.29, 1.82) is 0 Å². The third-order valence-corrected chi connectivity index (χ3v) is 2.95. The number of ether oxygens (including phenoxy) is 1. The summed E-state index contributed by atoms with van der Waals surface area (Å²) in [6.07, 6.45) is 5.65. The number of halogens is 1. The fourth-order valence-corrected chi connectivity index (χ4v) is 1.77. The highest BCUT2D eigenvalue weighted by atomic mass is 35.5. The lowest BCUT2D eigenvalue weighted by Crippen LogP contribution is -2.16. The normalized spacial score (nSPS) is 14.4. The Morgan fingerprint density at radius 3 is 2.84 bits per heavy atom. The Balaban J connectivity index is 1.61. The van der Waals surface area contributed by atoms with Gasteiger partial charge in [-0.2, -0.15) is 5.10 Å². The van der Waals surface area contributed by atoms with Crippen molar-refractivity contribution in [3.8, 4) is 11.6 Å². The zero-order valence-corrected chi connectivity index (χ0v) is 11.0. The maximum Gasteiger partial charge on any atom is 0.238 e. The van der Waals surface area contributed by atoms with Crippen LogP contribution in [0.15, 0.2) is 30.6 Å². The van der Waals surface area contributed by atoms with Gasteiger partial charge in [-0.15, -0.1) is 5.10 Å². The molecule has 1 N–H and O–H groups in total. The summed E-state index contributed by atoms with van der Waals surface area (Å²) in [5.41, 5.74) is 0.906. The van der Waals surface area contributed by atoms with Crippen molar-refractivity contribution in [3.05, 3.63) is 41.3 Å². The molecule has 0 aromatic carbocycles. The van der Waals surface area contributed by atoms with Crippen LogP contribution in [0.4, 0.5) is 0 Å². The second kappa shape index (κ2) is 5.50. The number of aromatic nitrogens is 3. The van der Waals surface area contributed by atoms with E-state index in [-0.39, 0.29) is 0 Å². The summed E-state index contributed by atoms with van der Waals surface area (Å²) in [7, 11) is 0. The molecule has 0 amide bonds. The van der Waals surface area contributed by atoms with E-state index in [0.717, 1.165) is 12.2 Å². The van der Waals surface area contributed by atoms with Gasteiger partial charge in [0.25, 0.3) is 0 Å². The van der Waals surface area contributed by atoms with E-state index in [1.807, 2.05) is 6.07 Å². The van der Waals surface area contributed by atoms with Crippen LogP contribution in [-0.2, 0) is 6.54 Å². The molecule has 98 valence electrons. The second-order valence-electron chi connectivity index (χ2n) is 4.46. The van der Waals surface area contributed by atoms with Crippen LogP contribution in [0.25, 0.3) is 0 Å². The first-order valence-electron chi connectivity index (χ1n) is 6.14. The Bertz CT molecular complexity index is 557. The molecule has 0 spiro atoms. The summed E-state index contributed by atoms with van der Waals surface area (Å²) < 4.78 is 5.51. The van der Waals surface area contributed by atoms with E-state index >= 15 is 0 Å². The number of nitrogens with one attached hydrogen (secondary N) is 1. The molecule has 0 atom stereocenters. The van der Waals surface area contributed by atoms with Gasteiger partial charge in [0.15, 0.2) is 0 Å². The van der Waals surface area contributed by atoms with E-state index in [2.05, 4.69) is 20.5 Å². The van der Waals surface area contributed by atoms with Gasteiger partial charge in [0.1, 0.15) is 5.75 Å². The van der Waals surface area contributed by atoms with Gasteiger partial charge in [0, 0.05) is 30.9 Å². The smallest absolute Gasteiger partial charge is 0.238 e. The van der Waals surface area contributed by atoms with Crippen LogP contribution in [0.2, 0.25) is 5.02 Å². The molecule has 0 unspecified atom stereocenters. The summed E-state index contributed by atoms with van der Waals surface area (Å²) in [5.74, 6) is 0.977. The van der Waals surface area contributed by atoms with Gasteiger partial charge in [-0.1, -0.05) is 11.6 Å². The molecule has 1 fully saturated rings. The minimum absolute atomic E-state index is 0.430. The minimum atomic E-state index is 0.430. The fraction of sp³-hybridized carbons (Fsp3) is 0.308. The van der Waals surface area contributed by atoms with Gasteiger partial charge in [-0.3, -0.25) is 4.98 Å². The summed E-state index contributed by atoms with van der Waals surface area (Å²) in [6.45, 7) is 0.747. The van der Waals surface area contributed by atoms with Crippen LogP contribution in [0.5, 0.6) is 11.6 Å². The van der Waals surface area contributed by atoms with Crippen LogP contribution in [-0.4, -0.2) is 21.2 Å². The van der Waals surface area contributed by atoms with Crippen LogP contribution < -0.4 is 10.1 Å². The van der Waals surface area contributed by atoms with Gasteiger partial charge in [-0.05, 0) is 18.9 Å². The van der Waals surface area contributed by atoms with Crippen molar-refractivity contribution in [2.24, 2.45) is 0 Å². The van der Waals surface area contributed by atoms with Gasteiger partial charge in [0.05, 0.1) is 16.9 Å². The number of pyridine rings is 1. The first-order valence-corrected chi connectivity index (χ1v) is 6.52. The van der Waals surface area contributed by atoms with E-state index in [9.17, 15) is 0 Å². The average molecular weight is 277 g/mol. The van der Waals surface area contributed by atoms with E-state index in [1.165, 1.54) is 12.8 Å². The molecule has 0 saturated heterocycles. The van der Waals surface area contributed by atoms with E-state index in [4.69, 9.17) is 16.3 Å². The first kappa shape index (κ1) is 12.3. The molecule has 1 aliphatic rings. The molecular formula is C13H13ClN4O. The highest BCUT2D eigenvalue weighted by Crippen LogP contribution is 2.21. The summed E-state index contributed by atoms with van der Waals surface area (Å²) in [5, 5.41) is 12.0. The molecule has 2 aromatic heterocycles. The van der Waals surface area contributed by atoms with E-state index in [0.29, 0.717) is 22.7 Å². The van der Waals surface area contributed by atoms with E-state index < -0.39 is 0 Å². The largest absolute Gasteiger partial charge is 0.436 e. The third-order valence-electron chi connectivity index (χ3n) is 2.75. The molecule has 1 saturated carbocycles. The van der Waals surface area contributed by atoms with Gasteiger partial charge < -0.3 is 10.1 Å². The van der Waals surface area contributed by atoms with Crippen molar-refractivity contribution in [3.63, 3.8) is 0 Å². The Morgan fingerprint density at radius 1 is 1.26 bits per heavy atom. The zero-order chi connectivity index (χ0) is 13.1. The Hall–Kier alpha value is -1.72. The van der Waals surface area contributed by atoms with Crippen LogP contribution in [0.3, 0.4) is 0 Å². The fourth-order valence-electron chi connectivity index (χ4n) is 1.60. The minimum Gasteiger partial charge on any atom is -0.436 e. The molecule has 19 heavy (non-hydrogen) atoms. The highest BCUT2D eigenvalue weighted by molar-refractivity contribution is 6.30. The van der Waals surface area contributed by atoms with Crippen LogP contribution >= 0.6 is 11.6 Å². The van der Waals surface area contributed by atoms with Crippen LogP contribution in [0.1, 0.15) is 18.5 Å². The Labute approximate surface area is 116 Å². The number of rotatable bonds is 5. The first-order chi connectivity index (χ1) is 9.29. The molecule has 6 heteroatoms. The number of hydrogen-bond donors (Lipinski definition) is 1. The second-order valence-corrected chi connectivity index (χ2v) is 4.90. The molecule has 2 aromatic rings. The summed E-state index contributed by atoms with van der Waals surface area (Å²) in [4.78, 5) is 3.94. The molecule has 5 nitrogen and oxygen atoms in total. The van der Waals surface area contributed by atoms with Crippen molar-refractivity contribution < 1.29 is 4.74 Å². The molecule has 0 aliphatic heterocycles. The standard InChI is InChI=1S/C13H13ClN4O/c14-9-5-12(8-15-6-9)19-13-4-3-11(17-18-13)7-16-10-1-2-10/h3-6,8,10,16H,1-2,7H2. The lowest BCUT2D eigenvalue weighted by molar-refractivity contribution is 0.451. The molecule has 2 heterocycles. The molecular weight excluding hydrogens is 264 g/mol. The molecule has 0 bridgehead atoms. The summed E-state index contributed by atoms with van der Waals surface area (Å²) in [6, 6.07) is 6.03. The van der Waals surface area contributed by atoms with Crippen LogP contribution in [0, 0.1) is 0 Å². The zero-order valence-electron chi connectivity index (χ0n) is 10.2. The topological polar surface area (TPSA) is 59.9 Å².